The van der Waals surface area contributed by atoms with Crippen LogP contribution in [-0.4, -0.2) is 40.1 Å². The molecule has 20 heavy (non-hydrogen) atoms. The SMILES string of the molecule is CC(C)N1CCCC(Cc2nc(CCC(=O)O)cs2)C1. The van der Waals surface area contributed by atoms with Gasteiger partial charge in [-0.1, -0.05) is 0 Å². The second-order valence-corrected chi connectivity index (χ2v) is 6.87. The predicted octanol–water partition coefficient (Wildman–Crippen LogP) is 2.82. The average molecular weight is 296 g/mol. The molecule has 1 aromatic rings. The number of thiazole rings is 1. The first-order valence-electron chi connectivity index (χ1n) is 7.43. The van der Waals surface area contributed by atoms with E-state index in [0.717, 1.165) is 12.1 Å². The number of carboxylic acid groups (broad SMARTS) is 1. The minimum atomic E-state index is -0.751. The molecule has 0 amide bonds. The fourth-order valence-electron chi connectivity index (χ4n) is 2.77. The van der Waals surface area contributed by atoms with Gasteiger partial charge in [-0.05, 0) is 39.2 Å². The van der Waals surface area contributed by atoms with Crippen molar-refractivity contribution in [2.75, 3.05) is 13.1 Å². The van der Waals surface area contributed by atoms with Crippen molar-refractivity contribution in [1.29, 1.82) is 0 Å². The molecule has 1 unspecified atom stereocenters. The summed E-state index contributed by atoms with van der Waals surface area (Å²) in [7, 11) is 0. The third-order valence-corrected chi connectivity index (χ3v) is 4.86. The highest BCUT2D eigenvalue weighted by molar-refractivity contribution is 7.09. The van der Waals surface area contributed by atoms with Gasteiger partial charge in [0, 0.05) is 30.8 Å². The van der Waals surface area contributed by atoms with Crippen molar-refractivity contribution < 1.29 is 9.90 Å². The first-order valence-corrected chi connectivity index (χ1v) is 8.31. The lowest BCUT2D eigenvalue weighted by Crippen LogP contribution is -2.40. The van der Waals surface area contributed by atoms with E-state index >= 15 is 0 Å². The number of rotatable bonds is 6. The van der Waals surface area contributed by atoms with Crippen molar-refractivity contribution in [3.8, 4) is 0 Å². The van der Waals surface area contributed by atoms with Gasteiger partial charge in [0.25, 0.3) is 0 Å². The summed E-state index contributed by atoms with van der Waals surface area (Å²) in [4.78, 5) is 17.7. The van der Waals surface area contributed by atoms with E-state index in [2.05, 4.69) is 23.7 Å². The molecule has 0 radical (unpaired) electrons. The maximum atomic E-state index is 10.6. The normalized spacial score (nSPS) is 20.4. The maximum Gasteiger partial charge on any atom is 0.303 e. The molecule has 0 spiro atoms. The summed E-state index contributed by atoms with van der Waals surface area (Å²) in [6, 6.07) is 0.625. The van der Waals surface area contributed by atoms with Crippen molar-refractivity contribution >= 4 is 17.3 Å². The summed E-state index contributed by atoms with van der Waals surface area (Å²) < 4.78 is 0. The van der Waals surface area contributed by atoms with Gasteiger partial charge in [0.15, 0.2) is 0 Å². The zero-order valence-corrected chi connectivity index (χ0v) is 13.2. The molecule has 1 N–H and O–H groups in total. The highest BCUT2D eigenvalue weighted by Crippen LogP contribution is 2.24. The zero-order valence-electron chi connectivity index (χ0n) is 12.3. The fraction of sp³-hybridized carbons (Fsp3) is 0.733. The Kier molecular flexibility index (Phi) is 5.54. The van der Waals surface area contributed by atoms with Gasteiger partial charge in [-0.2, -0.15) is 0 Å². The van der Waals surface area contributed by atoms with Crippen LogP contribution in [0.2, 0.25) is 0 Å². The van der Waals surface area contributed by atoms with Crippen LogP contribution in [0.15, 0.2) is 5.38 Å². The van der Waals surface area contributed by atoms with Crippen molar-refractivity contribution in [1.82, 2.24) is 9.88 Å². The second kappa shape index (κ2) is 7.18. The van der Waals surface area contributed by atoms with Crippen LogP contribution in [0.25, 0.3) is 0 Å². The van der Waals surface area contributed by atoms with Gasteiger partial charge >= 0.3 is 5.97 Å². The summed E-state index contributed by atoms with van der Waals surface area (Å²) in [6.07, 6.45) is 4.33. The molecule has 0 saturated carbocycles. The lowest BCUT2D eigenvalue weighted by atomic mass is 9.94. The van der Waals surface area contributed by atoms with Crippen LogP contribution in [0, 0.1) is 5.92 Å². The summed E-state index contributed by atoms with van der Waals surface area (Å²) >= 11 is 1.68. The van der Waals surface area contributed by atoms with E-state index in [1.807, 2.05) is 5.38 Å². The molecule has 1 saturated heterocycles. The first kappa shape index (κ1) is 15.4. The molecule has 0 aromatic carbocycles. The minimum absolute atomic E-state index is 0.174. The largest absolute Gasteiger partial charge is 0.481 e. The number of aromatic nitrogens is 1. The predicted molar refractivity (Wildman–Crippen MR) is 81.2 cm³/mol. The van der Waals surface area contributed by atoms with Crippen LogP contribution < -0.4 is 0 Å². The van der Waals surface area contributed by atoms with E-state index in [0.29, 0.717) is 18.4 Å². The Hall–Kier alpha value is -0.940. The Bertz CT molecular complexity index is 445. The van der Waals surface area contributed by atoms with E-state index in [1.165, 1.54) is 30.9 Å². The third-order valence-electron chi connectivity index (χ3n) is 3.94. The molecule has 1 aliphatic rings. The topological polar surface area (TPSA) is 53.4 Å². The number of hydrogen-bond acceptors (Lipinski definition) is 4. The summed E-state index contributed by atoms with van der Waals surface area (Å²) in [6.45, 7) is 6.91. The number of aliphatic carboxylic acids is 1. The molecule has 2 rings (SSSR count). The van der Waals surface area contributed by atoms with Crippen molar-refractivity contribution in [2.45, 2.75) is 52.0 Å². The molecule has 0 bridgehead atoms. The first-order chi connectivity index (χ1) is 9.54. The van der Waals surface area contributed by atoms with Crippen LogP contribution in [0.3, 0.4) is 0 Å². The zero-order chi connectivity index (χ0) is 14.5. The van der Waals surface area contributed by atoms with E-state index in [4.69, 9.17) is 5.11 Å². The fourth-order valence-corrected chi connectivity index (χ4v) is 3.72. The lowest BCUT2D eigenvalue weighted by molar-refractivity contribution is -0.136. The van der Waals surface area contributed by atoms with Crippen LogP contribution in [-0.2, 0) is 17.6 Å². The molecule has 112 valence electrons. The van der Waals surface area contributed by atoms with E-state index in [9.17, 15) is 4.79 Å². The van der Waals surface area contributed by atoms with E-state index < -0.39 is 5.97 Å². The standard InChI is InChI=1S/C15H24N2O2S/c1-11(2)17-7-3-4-12(9-17)8-14-16-13(10-20-14)5-6-15(18)19/h10-12H,3-9H2,1-2H3,(H,18,19). The Morgan fingerprint density at radius 1 is 1.60 bits per heavy atom. The van der Waals surface area contributed by atoms with Crippen LogP contribution in [0.5, 0.6) is 0 Å². The number of aryl methyl sites for hydroxylation is 1. The minimum Gasteiger partial charge on any atom is -0.481 e. The van der Waals surface area contributed by atoms with Gasteiger partial charge in [-0.15, -0.1) is 11.3 Å². The quantitative estimate of drug-likeness (QED) is 0.877. The Morgan fingerprint density at radius 3 is 3.10 bits per heavy atom. The number of carboxylic acids is 1. The molecular weight excluding hydrogens is 272 g/mol. The smallest absolute Gasteiger partial charge is 0.303 e. The summed E-state index contributed by atoms with van der Waals surface area (Å²) in [5.41, 5.74) is 0.934. The molecule has 5 heteroatoms. The third kappa shape index (κ3) is 4.56. The molecule has 0 aliphatic carbocycles. The number of piperidine rings is 1. The number of carbonyl (C=O) groups is 1. The second-order valence-electron chi connectivity index (χ2n) is 5.93. The van der Waals surface area contributed by atoms with E-state index in [1.54, 1.807) is 11.3 Å². The van der Waals surface area contributed by atoms with Crippen molar-refractivity contribution in [3.05, 3.63) is 16.1 Å². The van der Waals surface area contributed by atoms with E-state index in [-0.39, 0.29) is 6.42 Å². The summed E-state index contributed by atoms with van der Waals surface area (Å²) in [5, 5.41) is 11.9. The van der Waals surface area contributed by atoms with Crippen molar-refractivity contribution in [2.24, 2.45) is 5.92 Å². The highest BCUT2D eigenvalue weighted by atomic mass is 32.1. The van der Waals surface area contributed by atoms with Crippen molar-refractivity contribution in [3.63, 3.8) is 0 Å². The summed E-state index contributed by atoms with van der Waals surface area (Å²) in [5.74, 6) is -0.0518. The van der Waals surface area contributed by atoms with Crippen LogP contribution in [0.4, 0.5) is 0 Å². The monoisotopic (exact) mass is 296 g/mol. The van der Waals surface area contributed by atoms with Gasteiger partial charge in [-0.25, -0.2) is 4.98 Å². The van der Waals surface area contributed by atoms with Gasteiger partial charge < -0.3 is 10.0 Å². The Labute approximate surface area is 124 Å². The number of likely N-dealkylation sites (tertiary alicyclic amines) is 1. The molecule has 1 atom stereocenters. The van der Waals surface area contributed by atoms with Gasteiger partial charge in [0.2, 0.25) is 0 Å². The molecular formula is C15H24N2O2S. The molecule has 1 aromatic heterocycles. The molecule has 1 aliphatic heterocycles. The molecule has 2 heterocycles. The maximum absolute atomic E-state index is 10.6. The average Bonchev–Trinajstić information content (AvgIpc) is 2.84. The number of hydrogen-bond donors (Lipinski definition) is 1. The lowest BCUT2D eigenvalue weighted by Gasteiger charge is -2.35. The van der Waals surface area contributed by atoms with Gasteiger partial charge in [0.05, 0.1) is 17.1 Å². The molecule has 1 fully saturated rings. The Balaban J connectivity index is 1.85. The van der Waals surface area contributed by atoms with Crippen LogP contribution in [0.1, 0.15) is 43.8 Å². The van der Waals surface area contributed by atoms with Gasteiger partial charge in [0.1, 0.15) is 0 Å². The highest BCUT2D eigenvalue weighted by Gasteiger charge is 2.22. The molecule has 4 nitrogen and oxygen atoms in total. The van der Waals surface area contributed by atoms with Crippen LogP contribution >= 0.6 is 11.3 Å². The number of nitrogens with zero attached hydrogens (tertiary/aromatic N) is 2. The Morgan fingerprint density at radius 2 is 2.40 bits per heavy atom. The van der Waals surface area contributed by atoms with Gasteiger partial charge in [-0.3, -0.25) is 4.79 Å².